The number of halogens is 1. The molecule has 0 spiro atoms. The predicted molar refractivity (Wildman–Crippen MR) is 77.5 cm³/mol. The second kappa shape index (κ2) is 6.79. The van der Waals surface area contributed by atoms with E-state index in [9.17, 15) is 23.3 Å². The van der Waals surface area contributed by atoms with Crippen molar-refractivity contribution < 1.29 is 18.1 Å². The summed E-state index contributed by atoms with van der Waals surface area (Å²) in [4.78, 5) is 21.0. The van der Waals surface area contributed by atoms with E-state index in [1.165, 1.54) is 13.0 Å². The minimum atomic E-state index is -4.02. The molecule has 0 heterocycles. The molecule has 1 aromatic carbocycles. The van der Waals surface area contributed by atoms with Gasteiger partial charge < -0.3 is 0 Å². The molecule has 0 unspecified atom stereocenters. The molecule has 1 rings (SSSR count). The summed E-state index contributed by atoms with van der Waals surface area (Å²) in [5.74, 6) is 0. The summed E-state index contributed by atoms with van der Waals surface area (Å²) in [6.07, 6.45) is 1.32. The highest BCUT2D eigenvalue weighted by Gasteiger charge is 2.31. The van der Waals surface area contributed by atoms with Crippen LogP contribution in [0.2, 0.25) is 0 Å². The summed E-state index contributed by atoms with van der Waals surface area (Å²) in [5, 5.41) is 9.73. The fourth-order valence-electron chi connectivity index (χ4n) is 1.58. The average molecular weight is 333 g/mol. The zero-order valence-electron chi connectivity index (χ0n) is 11.1. The van der Waals surface area contributed by atoms with Crippen molar-refractivity contribution in [3.05, 3.63) is 47.0 Å². The standard InChI is InChI=1S/C12H13ClN2O5S/c1-3-8-14(9(2)12(13)16)21(19,20)11-6-4-10(5-7-11)15(17)18/h3-7,9H,1,8H2,2H3/t9-/m0/s1. The number of nitrogens with zero attached hydrogens (tertiary/aromatic N) is 2. The summed E-state index contributed by atoms with van der Waals surface area (Å²) in [7, 11) is -4.02. The zero-order valence-corrected chi connectivity index (χ0v) is 12.7. The van der Waals surface area contributed by atoms with Crippen molar-refractivity contribution in [3.8, 4) is 0 Å². The minimum Gasteiger partial charge on any atom is -0.279 e. The van der Waals surface area contributed by atoms with Crippen LogP contribution in [0.25, 0.3) is 0 Å². The molecule has 0 fully saturated rings. The van der Waals surface area contributed by atoms with E-state index in [4.69, 9.17) is 11.6 Å². The number of benzene rings is 1. The van der Waals surface area contributed by atoms with E-state index in [1.807, 2.05) is 0 Å². The Labute approximate surface area is 127 Å². The fraction of sp³-hybridized carbons (Fsp3) is 0.250. The van der Waals surface area contributed by atoms with Crippen LogP contribution in [-0.4, -0.2) is 35.5 Å². The SMILES string of the molecule is C=CCN([C@@H](C)C(=O)Cl)S(=O)(=O)c1ccc([N+](=O)[O-])cc1. The molecule has 0 aliphatic rings. The molecule has 0 saturated heterocycles. The molecule has 21 heavy (non-hydrogen) atoms. The Morgan fingerprint density at radius 3 is 2.38 bits per heavy atom. The van der Waals surface area contributed by atoms with Gasteiger partial charge in [-0.2, -0.15) is 4.31 Å². The predicted octanol–water partition coefficient (Wildman–Crippen LogP) is 1.93. The highest BCUT2D eigenvalue weighted by Crippen LogP contribution is 2.22. The maximum atomic E-state index is 12.4. The Morgan fingerprint density at radius 2 is 2.00 bits per heavy atom. The second-order valence-electron chi connectivity index (χ2n) is 4.09. The summed E-state index contributed by atoms with van der Waals surface area (Å²) in [5.41, 5.74) is -0.231. The highest BCUT2D eigenvalue weighted by atomic mass is 35.5. The molecule has 0 aliphatic heterocycles. The van der Waals surface area contributed by atoms with Gasteiger partial charge in [-0.1, -0.05) is 6.08 Å². The highest BCUT2D eigenvalue weighted by molar-refractivity contribution is 7.89. The zero-order chi connectivity index (χ0) is 16.2. The van der Waals surface area contributed by atoms with Crippen LogP contribution in [0.1, 0.15) is 6.92 Å². The van der Waals surface area contributed by atoms with Crippen LogP contribution in [-0.2, 0) is 14.8 Å². The van der Waals surface area contributed by atoms with Gasteiger partial charge in [-0.3, -0.25) is 14.9 Å². The Balaban J connectivity index is 3.25. The Hall–Kier alpha value is -1.77. The fourth-order valence-corrected chi connectivity index (χ4v) is 3.32. The van der Waals surface area contributed by atoms with E-state index in [0.717, 1.165) is 28.6 Å². The average Bonchev–Trinajstić information content (AvgIpc) is 2.43. The van der Waals surface area contributed by atoms with E-state index >= 15 is 0 Å². The summed E-state index contributed by atoms with van der Waals surface area (Å²) < 4.78 is 25.8. The van der Waals surface area contributed by atoms with Crippen LogP contribution in [0.3, 0.4) is 0 Å². The van der Waals surface area contributed by atoms with Crippen molar-refractivity contribution in [2.75, 3.05) is 6.54 Å². The number of hydrogen-bond donors (Lipinski definition) is 0. The number of nitro groups is 1. The molecule has 7 nitrogen and oxygen atoms in total. The molecule has 0 bridgehead atoms. The van der Waals surface area contributed by atoms with Crippen molar-refractivity contribution in [1.82, 2.24) is 4.31 Å². The quantitative estimate of drug-likeness (QED) is 0.329. The number of hydrogen-bond acceptors (Lipinski definition) is 5. The Kier molecular flexibility index (Phi) is 5.59. The lowest BCUT2D eigenvalue weighted by Crippen LogP contribution is -2.41. The molecule has 114 valence electrons. The molecular formula is C12H13ClN2O5S. The molecule has 1 aromatic rings. The number of rotatable bonds is 7. The molecule has 0 aromatic heterocycles. The number of nitro benzene ring substituents is 1. The first-order chi connectivity index (χ1) is 9.71. The lowest BCUT2D eigenvalue weighted by Gasteiger charge is -2.24. The van der Waals surface area contributed by atoms with Gasteiger partial charge in [0.25, 0.3) is 5.69 Å². The first-order valence-electron chi connectivity index (χ1n) is 5.78. The lowest BCUT2D eigenvalue weighted by atomic mass is 10.3. The van der Waals surface area contributed by atoms with Crippen LogP contribution in [0.4, 0.5) is 5.69 Å². The maximum absolute atomic E-state index is 12.4. The largest absolute Gasteiger partial charge is 0.279 e. The van der Waals surface area contributed by atoms with Crippen LogP contribution in [0.5, 0.6) is 0 Å². The molecule has 9 heteroatoms. The number of carbonyl (C=O) groups is 1. The molecule has 0 saturated carbocycles. The molecule has 0 N–H and O–H groups in total. The summed E-state index contributed by atoms with van der Waals surface area (Å²) in [6, 6.07) is 3.28. The first kappa shape index (κ1) is 17.3. The smallest absolute Gasteiger partial charge is 0.269 e. The number of non-ortho nitro benzene ring substituents is 1. The summed E-state index contributed by atoms with van der Waals surface area (Å²) >= 11 is 5.35. The van der Waals surface area contributed by atoms with Crippen LogP contribution in [0, 0.1) is 10.1 Å². The molecule has 0 radical (unpaired) electrons. The van der Waals surface area contributed by atoms with Crippen LogP contribution < -0.4 is 0 Å². The van der Waals surface area contributed by atoms with Gasteiger partial charge in [0.2, 0.25) is 15.3 Å². The van der Waals surface area contributed by atoms with Crippen LogP contribution >= 0.6 is 11.6 Å². The van der Waals surface area contributed by atoms with Crippen molar-refractivity contribution in [3.63, 3.8) is 0 Å². The van der Waals surface area contributed by atoms with E-state index in [1.54, 1.807) is 0 Å². The minimum absolute atomic E-state index is 0.112. The summed E-state index contributed by atoms with van der Waals surface area (Å²) in [6.45, 7) is 4.67. The van der Waals surface area contributed by atoms with Gasteiger partial charge in [0, 0.05) is 18.7 Å². The van der Waals surface area contributed by atoms with Gasteiger partial charge in [0.1, 0.15) is 0 Å². The number of carbonyl (C=O) groups excluding carboxylic acids is 1. The third-order valence-electron chi connectivity index (χ3n) is 2.72. The van der Waals surface area contributed by atoms with Gasteiger partial charge in [-0.25, -0.2) is 8.42 Å². The third kappa shape index (κ3) is 3.87. The van der Waals surface area contributed by atoms with Crippen molar-refractivity contribution in [2.45, 2.75) is 17.9 Å². The Morgan fingerprint density at radius 1 is 1.48 bits per heavy atom. The number of sulfonamides is 1. The second-order valence-corrected chi connectivity index (χ2v) is 6.36. The van der Waals surface area contributed by atoms with Gasteiger partial charge in [0.15, 0.2) is 0 Å². The van der Waals surface area contributed by atoms with Crippen LogP contribution in [0.15, 0.2) is 41.8 Å². The molecule has 0 aliphatic carbocycles. The lowest BCUT2D eigenvalue weighted by molar-refractivity contribution is -0.384. The van der Waals surface area contributed by atoms with Gasteiger partial charge >= 0.3 is 0 Å². The van der Waals surface area contributed by atoms with Crippen molar-refractivity contribution >= 4 is 32.6 Å². The monoisotopic (exact) mass is 332 g/mol. The van der Waals surface area contributed by atoms with E-state index in [2.05, 4.69) is 6.58 Å². The topological polar surface area (TPSA) is 97.6 Å². The van der Waals surface area contributed by atoms with Gasteiger partial charge in [-0.15, -0.1) is 6.58 Å². The molecular weight excluding hydrogens is 320 g/mol. The third-order valence-corrected chi connectivity index (χ3v) is 4.99. The van der Waals surface area contributed by atoms with Gasteiger partial charge in [0.05, 0.1) is 15.9 Å². The van der Waals surface area contributed by atoms with Gasteiger partial charge in [-0.05, 0) is 30.7 Å². The molecule has 0 amide bonds. The van der Waals surface area contributed by atoms with E-state index < -0.39 is 26.2 Å². The first-order valence-corrected chi connectivity index (χ1v) is 7.60. The van der Waals surface area contributed by atoms with E-state index in [-0.39, 0.29) is 17.1 Å². The van der Waals surface area contributed by atoms with Crippen molar-refractivity contribution in [2.24, 2.45) is 0 Å². The Bertz CT molecular complexity index is 657. The molecule has 1 atom stereocenters. The van der Waals surface area contributed by atoms with E-state index in [0.29, 0.717) is 0 Å². The maximum Gasteiger partial charge on any atom is 0.269 e. The van der Waals surface area contributed by atoms with Crippen molar-refractivity contribution in [1.29, 1.82) is 0 Å². The normalized spacial score (nSPS) is 12.9.